The zero-order valence-corrected chi connectivity index (χ0v) is 10.7. The highest BCUT2D eigenvalue weighted by molar-refractivity contribution is 7.89. The molecule has 1 atom stereocenters. The van der Waals surface area contributed by atoms with Crippen LogP contribution in [-0.4, -0.2) is 33.3 Å². The molecule has 1 heterocycles. The summed E-state index contributed by atoms with van der Waals surface area (Å²) in [6, 6.07) is 0.0926. The molecule has 0 unspecified atom stereocenters. The Labute approximate surface area is 92.9 Å². The Morgan fingerprint density at radius 1 is 1.40 bits per heavy atom. The van der Waals surface area contributed by atoms with Crippen molar-refractivity contribution in [3.05, 3.63) is 0 Å². The maximum atomic E-state index is 11.7. The average Bonchev–Trinajstić information content (AvgIpc) is 2.52. The van der Waals surface area contributed by atoms with Crippen LogP contribution in [0.2, 0.25) is 0 Å². The van der Waals surface area contributed by atoms with Crippen LogP contribution in [0.1, 0.15) is 33.6 Å². The monoisotopic (exact) mass is 234 g/mol. The van der Waals surface area contributed by atoms with Crippen molar-refractivity contribution in [2.45, 2.75) is 39.7 Å². The molecular formula is C10H22N2O2S. The third-order valence-electron chi connectivity index (χ3n) is 2.53. The molecule has 15 heavy (non-hydrogen) atoms. The number of sulfonamides is 1. The predicted octanol–water partition coefficient (Wildman–Crippen LogP) is 0.704. The van der Waals surface area contributed by atoms with Crippen molar-refractivity contribution in [3.8, 4) is 0 Å². The van der Waals surface area contributed by atoms with Gasteiger partial charge in [-0.15, -0.1) is 0 Å². The lowest BCUT2D eigenvalue weighted by Crippen LogP contribution is -2.38. The first-order valence-corrected chi connectivity index (χ1v) is 7.14. The molecule has 0 spiro atoms. The van der Waals surface area contributed by atoms with Crippen LogP contribution in [-0.2, 0) is 10.0 Å². The zero-order chi connectivity index (χ0) is 11.5. The van der Waals surface area contributed by atoms with Crippen LogP contribution >= 0.6 is 0 Å². The average molecular weight is 234 g/mol. The molecular weight excluding hydrogens is 212 g/mol. The van der Waals surface area contributed by atoms with Gasteiger partial charge in [0, 0.05) is 12.6 Å². The summed E-state index contributed by atoms with van der Waals surface area (Å²) in [4.78, 5) is 0. The standard InChI is InChI=1S/C10H22N2O2S/c1-10(2,3)5-7-15(13,14)12-9-4-6-11-8-9/h9,11-12H,4-8H2,1-3H3/t9-/m1/s1. The number of nitrogens with one attached hydrogen (secondary N) is 2. The number of hydrogen-bond donors (Lipinski definition) is 2. The van der Waals surface area contributed by atoms with Crippen LogP contribution in [0.25, 0.3) is 0 Å². The van der Waals surface area contributed by atoms with E-state index in [1.54, 1.807) is 0 Å². The molecule has 4 nitrogen and oxygen atoms in total. The van der Waals surface area contributed by atoms with Crippen molar-refractivity contribution >= 4 is 10.0 Å². The molecule has 1 saturated heterocycles. The Balaban J connectivity index is 2.38. The normalized spacial score (nSPS) is 23.3. The molecule has 0 amide bonds. The van der Waals surface area contributed by atoms with Crippen LogP contribution in [0.15, 0.2) is 0 Å². The fraction of sp³-hybridized carbons (Fsp3) is 1.00. The van der Waals surface area contributed by atoms with Crippen LogP contribution in [0, 0.1) is 5.41 Å². The van der Waals surface area contributed by atoms with E-state index in [2.05, 4.69) is 30.8 Å². The summed E-state index contributed by atoms with van der Waals surface area (Å²) in [6.07, 6.45) is 1.59. The van der Waals surface area contributed by atoms with Crippen LogP contribution < -0.4 is 10.0 Å². The second-order valence-electron chi connectivity index (χ2n) is 5.44. The summed E-state index contributed by atoms with van der Waals surface area (Å²) < 4.78 is 26.1. The van der Waals surface area contributed by atoms with Crippen molar-refractivity contribution < 1.29 is 8.42 Å². The molecule has 1 aliphatic heterocycles. The highest BCUT2D eigenvalue weighted by Gasteiger charge is 2.22. The fourth-order valence-corrected chi connectivity index (χ4v) is 3.22. The first-order valence-electron chi connectivity index (χ1n) is 5.49. The third-order valence-corrected chi connectivity index (χ3v) is 3.96. The lowest BCUT2D eigenvalue weighted by atomic mass is 9.94. The van der Waals surface area contributed by atoms with Crippen LogP contribution in [0.3, 0.4) is 0 Å². The third kappa shape index (κ3) is 5.49. The summed E-state index contributed by atoms with van der Waals surface area (Å²) in [5, 5.41) is 3.14. The van der Waals surface area contributed by atoms with E-state index in [1.165, 1.54) is 0 Å². The van der Waals surface area contributed by atoms with Gasteiger partial charge in [0.25, 0.3) is 0 Å². The fourth-order valence-electron chi connectivity index (χ4n) is 1.51. The summed E-state index contributed by atoms with van der Waals surface area (Å²) in [7, 11) is -3.09. The molecule has 0 aromatic heterocycles. The van der Waals surface area contributed by atoms with Gasteiger partial charge >= 0.3 is 0 Å². The number of hydrogen-bond acceptors (Lipinski definition) is 3. The van der Waals surface area contributed by atoms with Crippen molar-refractivity contribution in [2.75, 3.05) is 18.8 Å². The smallest absolute Gasteiger partial charge is 0.211 e. The molecule has 0 aliphatic carbocycles. The lowest BCUT2D eigenvalue weighted by molar-refractivity contribution is 0.395. The van der Waals surface area contributed by atoms with Gasteiger partial charge in [-0.3, -0.25) is 0 Å². The van der Waals surface area contributed by atoms with Crippen LogP contribution in [0.5, 0.6) is 0 Å². The largest absolute Gasteiger partial charge is 0.315 e. The van der Waals surface area contributed by atoms with Gasteiger partial charge in [0.1, 0.15) is 0 Å². The molecule has 0 saturated carbocycles. The van der Waals surface area contributed by atoms with E-state index >= 15 is 0 Å². The minimum Gasteiger partial charge on any atom is -0.315 e. The van der Waals surface area contributed by atoms with Crippen molar-refractivity contribution in [1.82, 2.24) is 10.0 Å². The highest BCUT2D eigenvalue weighted by atomic mass is 32.2. The van der Waals surface area contributed by atoms with E-state index in [0.717, 1.165) is 19.5 Å². The van der Waals surface area contributed by atoms with Gasteiger partial charge in [0.2, 0.25) is 10.0 Å². The highest BCUT2D eigenvalue weighted by Crippen LogP contribution is 2.19. The maximum absolute atomic E-state index is 11.7. The molecule has 1 rings (SSSR count). The minimum atomic E-state index is -3.09. The molecule has 90 valence electrons. The number of rotatable bonds is 4. The van der Waals surface area contributed by atoms with Gasteiger partial charge in [0.05, 0.1) is 5.75 Å². The van der Waals surface area contributed by atoms with Gasteiger partial charge in [0.15, 0.2) is 0 Å². The second-order valence-corrected chi connectivity index (χ2v) is 7.31. The first-order chi connectivity index (χ1) is 6.79. The van der Waals surface area contributed by atoms with Gasteiger partial charge in [-0.2, -0.15) is 0 Å². The SMILES string of the molecule is CC(C)(C)CCS(=O)(=O)N[C@@H]1CCNC1. The van der Waals surface area contributed by atoms with Gasteiger partial charge < -0.3 is 5.32 Å². The Morgan fingerprint density at radius 2 is 2.07 bits per heavy atom. The van der Waals surface area contributed by atoms with Crippen molar-refractivity contribution in [3.63, 3.8) is 0 Å². The first kappa shape index (κ1) is 12.9. The van der Waals surface area contributed by atoms with Crippen molar-refractivity contribution in [1.29, 1.82) is 0 Å². The van der Waals surface area contributed by atoms with Gasteiger partial charge in [-0.25, -0.2) is 13.1 Å². The van der Waals surface area contributed by atoms with Gasteiger partial charge in [-0.05, 0) is 24.8 Å². The summed E-state index contributed by atoms with van der Waals surface area (Å²) in [5.41, 5.74) is 0.0721. The molecule has 1 aliphatic rings. The predicted molar refractivity (Wildman–Crippen MR) is 62.3 cm³/mol. The summed E-state index contributed by atoms with van der Waals surface area (Å²) >= 11 is 0. The Kier molecular flexibility index (Phi) is 4.14. The quantitative estimate of drug-likeness (QED) is 0.753. The van der Waals surface area contributed by atoms with Gasteiger partial charge in [-0.1, -0.05) is 20.8 Å². The second kappa shape index (κ2) is 4.80. The molecule has 5 heteroatoms. The Bertz CT molecular complexity index is 287. The summed E-state index contributed by atoms with van der Waals surface area (Å²) in [6.45, 7) is 7.83. The molecule has 0 radical (unpaired) electrons. The Hall–Kier alpha value is -0.130. The Morgan fingerprint density at radius 3 is 2.53 bits per heavy atom. The topological polar surface area (TPSA) is 58.2 Å². The van der Waals surface area contributed by atoms with E-state index in [0.29, 0.717) is 6.42 Å². The zero-order valence-electron chi connectivity index (χ0n) is 9.84. The molecule has 0 bridgehead atoms. The minimum absolute atomic E-state index is 0.0721. The van der Waals surface area contributed by atoms with E-state index < -0.39 is 10.0 Å². The maximum Gasteiger partial charge on any atom is 0.211 e. The summed E-state index contributed by atoms with van der Waals surface area (Å²) in [5.74, 6) is 0.229. The molecule has 0 aromatic rings. The van der Waals surface area contributed by atoms with E-state index in [4.69, 9.17) is 0 Å². The van der Waals surface area contributed by atoms with E-state index in [9.17, 15) is 8.42 Å². The van der Waals surface area contributed by atoms with E-state index in [-0.39, 0.29) is 17.2 Å². The lowest BCUT2D eigenvalue weighted by Gasteiger charge is -2.19. The molecule has 0 aromatic carbocycles. The molecule has 1 fully saturated rings. The molecule has 2 N–H and O–H groups in total. The van der Waals surface area contributed by atoms with E-state index in [1.807, 2.05) is 0 Å². The van der Waals surface area contributed by atoms with Crippen LogP contribution in [0.4, 0.5) is 0 Å². The van der Waals surface area contributed by atoms with Crippen molar-refractivity contribution in [2.24, 2.45) is 5.41 Å².